The standard InChI is InChI=1S/C13H23N5O6S/c1-6(14)11(21)18-8(5-25)12(22)16-4-10(20)17-7(13(23)24)2-3-9(15)19/h6-8,25H,2-5,14H2,1H3,(H2,15,19)(H,16,22)(H,17,20)(H,18,21)(H,23,24). The summed E-state index contributed by atoms with van der Waals surface area (Å²) in [6.45, 7) is 0.923. The maximum absolute atomic E-state index is 11.9. The summed E-state index contributed by atoms with van der Waals surface area (Å²) in [6.07, 6.45) is -0.386. The molecule has 4 amide bonds. The molecule has 0 saturated heterocycles. The molecule has 0 aliphatic rings. The highest BCUT2D eigenvalue weighted by Crippen LogP contribution is 1.97. The van der Waals surface area contributed by atoms with Gasteiger partial charge < -0.3 is 32.5 Å². The predicted molar refractivity (Wildman–Crippen MR) is 90.4 cm³/mol. The number of hydrogen-bond acceptors (Lipinski definition) is 7. The molecule has 0 radical (unpaired) electrons. The van der Waals surface area contributed by atoms with E-state index in [0.29, 0.717) is 0 Å². The van der Waals surface area contributed by atoms with E-state index in [2.05, 4.69) is 28.6 Å². The molecule has 11 nitrogen and oxygen atoms in total. The zero-order valence-corrected chi connectivity index (χ0v) is 14.5. The lowest BCUT2D eigenvalue weighted by atomic mass is 10.1. The molecule has 0 spiro atoms. The summed E-state index contributed by atoms with van der Waals surface area (Å²) in [5, 5.41) is 15.7. The van der Waals surface area contributed by atoms with Crippen molar-refractivity contribution in [2.24, 2.45) is 11.5 Å². The first-order valence-electron chi connectivity index (χ1n) is 7.33. The molecule has 0 bridgehead atoms. The van der Waals surface area contributed by atoms with E-state index < -0.39 is 54.3 Å². The van der Waals surface area contributed by atoms with Crippen LogP contribution in [0.5, 0.6) is 0 Å². The number of thiol groups is 1. The highest BCUT2D eigenvalue weighted by Gasteiger charge is 2.23. The van der Waals surface area contributed by atoms with Gasteiger partial charge in [0.15, 0.2) is 0 Å². The maximum atomic E-state index is 11.9. The molecule has 3 atom stereocenters. The Morgan fingerprint density at radius 2 is 1.68 bits per heavy atom. The molecule has 0 aliphatic heterocycles. The number of carbonyl (C=O) groups excluding carboxylic acids is 4. The van der Waals surface area contributed by atoms with Gasteiger partial charge in [-0.05, 0) is 13.3 Å². The minimum absolute atomic E-state index is 0.0255. The van der Waals surface area contributed by atoms with Crippen LogP contribution >= 0.6 is 12.6 Å². The van der Waals surface area contributed by atoms with E-state index in [9.17, 15) is 24.0 Å². The summed E-state index contributed by atoms with van der Waals surface area (Å²) in [4.78, 5) is 56.8. The molecule has 0 aromatic heterocycles. The lowest BCUT2D eigenvalue weighted by Gasteiger charge is -2.18. The van der Waals surface area contributed by atoms with E-state index >= 15 is 0 Å². The second-order valence-electron chi connectivity index (χ2n) is 5.21. The summed E-state index contributed by atoms with van der Waals surface area (Å²) in [7, 11) is 0. The number of nitrogens with two attached hydrogens (primary N) is 2. The molecule has 0 aliphatic carbocycles. The average molecular weight is 377 g/mol. The predicted octanol–water partition coefficient (Wildman–Crippen LogP) is -3.30. The van der Waals surface area contributed by atoms with Crippen LogP contribution in [0.1, 0.15) is 19.8 Å². The number of carbonyl (C=O) groups is 5. The first-order chi connectivity index (χ1) is 11.6. The Morgan fingerprint density at radius 1 is 1.08 bits per heavy atom. The van der Waals surface area contributed by atoms with Gasteiger partial charge in [-0.2, -0.15) is 12.6 Å². The van der Waals surface area contributed by atoms with Gasteiger partial charge in [-0.15, -0.1) is 0 Å². The van der Waals surface area contributed by atoms with Crippen LogP contribution in [0.2, 0.25) is 0 Å². The van der Waals surface area contributed by atoms with Crippen LogP contribution in [-0.4, -0.2) is 65.1 Å². The highest BCUT2D eigenvalue weighted by atomic mass is 32.1. The molecule has 0 heterocycles. The molecule has 3 unspecified atom stereocenters. The third-order valence-electron chi connectivity index (χ3n) is 2.97. The molecule has 0 aromatic rings. The van der Waals surface area contributed by atoms with Gasteiger partial charge in [0.2, 0.25) is 23.6 Å². The van der Waals surface area contributed by atoms with Crippen LogP contribution in [0.25, 0.3) is 0 Å². The van der Waals surface area contributed by atoms with Crippen LogP contribution in [0.3, 0.4) is 0 Å². The maximum Gasteiger partial charge on any atom is 0.326 e. The Labute approximate surface area is 149 Å². The number of aliphatic carboxylic acids is 1. The number of carboxylic acids is 1. The van der Waals surface area contributed by atoms with E-state index in [4.69, 9.17) is 16.6 Å². The zero-order chi connectivity index (χ0) is 19.6. The molecule has 0 fully saturated rings. The van der Waals surface area contributed by atoms with Crippen molar-refractivity contribution in [2.75, 3.05) is 12.3 Å². The van der Waals surface area contributed by atoms with Crippen molar-refractivity contribution in [3.05, 3.63) is 0 Å². The van der Waals surface area contributed by atoms with E-state index in [-0.39, 0.29) is 18.6 Å². The largest absolute Gasteiger partial charge is 0.480 e. The number of amides is 4. The van der Waals surface area contributed by atoms with Gasteiger partial charge in [-0.3, -0.25) is 19.2 Å². The lowest BCUT2D eigenvalue weighted by Crippen LogP contribution is -2.53. The second-order valence-corrected chi connectivity index (χ2v) is 5.58. The van der Waals surface area contributed by atoms with Gasteiger partial charge in [0.25, 0.3) is 0 Å². The molecule has 0 aromatic carbocycles. The van der Waals surface area contributed by atoms with Crippen molar-refractivity contribution in [1.29, 1.82) is 0 Å². The Balaban J connectivity index is 4.49. The van der Waals surface area contributed by atoms with Crippen LogP contribution in [0.15, 0.2) is 0 Å². The van der Waals surface area contributed by atoms with Crippen molar-refractivity contribution in [1.82, 2.24) is 16.0 Å². The fraction of sp³-hybridized carbons (Fsp3) is 0.615. The van der Waals surface area contributed by atoms with Crippen LogP contribution in [0, 0.1) is 0 Å². The van der Waals surface area contributed by atoms with Crippen molar-refractivity contribution in [3.8, 4) is 0 Å². The third-order valence-corrected chi connectivity index (χ3v) is 3.33. The van der Waals surface area contributed by atoms with Crippen molar-refractivity contribution >= 4 is 42.2 Å². The quantitative estimate of drug-likeness (QED) is 0.183. The summed E-state index contributed by atoms with van der Waals surface area (Å²) in [5.41, 5.74) is 10.3. The smallest absolute Gasteiger partial charge is 0.326 e. The minimum Gasteiger partial charge on any atom is -0.480 e. The molecule has 25 heavy (non-hydrogen) atoms. The molecule has 0 saturated carbocycles. The summed E-state index contributed by atoms with van der Waals surface area (Å²) in [6, 6.07) is -3.13. The Kier molecular flexibility index (Phi) is 10.2. The summed E-state index contributed by atoms with van der Waals surface area (Å²) in [5.74, 6) is -4.07. The third kappa shape index (κ3) is 9.52. The molecule has 0 rings (SSSR count). The fourth-order valence-corrected chi connectivity index (χ4v) is 1.83. The van der Waals surface area contributed by atoms with E-state index in [1.807, 2.05) is 0 Å². The van der Waals surface area contributed by atoms with E-state index in [0.717, 1.165) is 0 Å². The molecule has 142 valence electrons. The van der Waals surface area contributed by atoms with Gasteiger partial charge in [-0.25, -0.2) is 4.79 Å². The Bertz CT molecular complexity index is 527. The van der Waals surface area contributed by atoms with Gasteiger partial charge in [0.1, 0.15) is 12.1 Å². The topological polar surface area (TPSA) is 194 Å². The van der Waals surface area contributed by atoms with Crippen molar-refractivity contribution < 1.29 is 29.1 Å². The van der Waals surface area contributed by atoms with Crippen LogP contribution in [0.4, 0.5) is 0 Å². The second kappa shape index (κ2) is 11.3. The number of carboxylic acid groups (broad SMARTS) is 1. The lowest BCUT2D eigenvalue weighted by molar-refractivity contribution is -0.142. The SMILES string of the molecule is CC(N)C(=O)NC(CS)C(=O)NCC(=O)NC(CCC(N)=O)C(=O)O. The highest BCUT2D eigenvalue weighted by molar-refractivity contribution is 7.80. The number of primary amides is 1. The number of nitrogens with one attached hydrogen (secondary N) is 3. The molecule has 12 heteroatoms. The number of hydrogen-bond donors (Lipinski definition) is 7. The first-order valence-corrected chi connectivity index (χ1v) is 7.96. The monoisotopic (exact) mass is 377 g/mol. The van der Waals surface area contributed by atoms with Gasteiger partial charge in [0.05, 0.1) is 12.6 Å². The van der Waals surface area contributed by atoms with Crippen LogP contribution in [-0.2, 0) is 24.0 Å². The molecule has 8 N–H and O–H groups in total. The van der Waals surface area contributed by atoms with Crippen molar-refractivity contribution in [3.63, 3.8) is 0 Å². The fourth-order valence-electron chi connectivity index (χ4n) is 1.58. The average Bonchev–Trinajstić information content (AvgIpc) is 2.53. The van der Waals surface area contributed by atoms with E-state index in [1.165, 1.54) is 6.92 Å². The number of rotatable bonds is 11. The Hall–Kier alpha value is -2.34. The van der Waals surface area contributed by atoms with E-state index in [1.54, 1.807) is 0 Å². The van der Waals surface area contributed by atoms with Crippen LogP contribution < -0.4 is 27.4 Å². The van der Waals surface area contributed by atoms with Gasteiger partial charge >= 0.3 is 5.97 Å². The van der Waals surface area contributed by atoms with Gasteiger partial charge in [0, 0.05) is 12.2 Å². The molecular weight excluding hydrogens is 354 g/mol. The summed E-state index contributed by atoms with van der Waals surface area (Å²) < 4.78 is 0. The normalized spacial score (nSPS) is 13.9. The first kappa shape index (κ1) is 22.7. The Morgan fingerprint density at radius 3 is 2.12 bits per heavy atom. The minimum atomic E-state index is -1.33. The van der Waals surface area contributed by atoms with Crippen molar-refractivity contribution in [2.45, 2.75) is 37.9 Å². The zero-order valence-electron chi connectivity index (χ0n) is 13.7. The summed E-state index contributed by atoms with van der Waals surface area (Å²) >= 11 is 3.93. The van der Waals surface area contributed by atoms with Gasteiger partial charge in [-0.1, -0.05) is 0 Å². The molecular formula is C13H23N5O6S.